The van der Waals surface area contributed by atoms with Crippen molar-refractivity contribution in [1.29, 1.82) is 0 Å². The first-order valence-electron chi connectivity index (χ1n) is 22.2. The Bertz CT molecular complexity index is 873. The summed E-state index contributed by atoms with van der Waals surface area (Å²) >= 11 is 0. The number of unbranched alkanes of at least 4 members (excludes halogenated alkanes) is 21. The summed E-state index contributed by atoms with van der Waals surface area (Å²) in [4.78, 5) is 25.2. The second-order valence-electron chi connectivity index (χ2n) is 14.6. The molecular formula is C47H84O5. The molecule has 0 aromatic rings. The number of allylic oxidation sites excluding steroid dienone is 8. The predicted octanol–water partition coefficient (Wildman–Crippen LogP) is 14.4. The maximum atomic E-state index is 12.7. The second-order valence-corrected chi connectivity index (χ2v) is 14.6. The molecule has 52 heavy (non-hydrogen) atoms. The number of carbonyl (C=O) groups is 2. The van der Waals surface area contributed by atoms with Crippen molar-refractivity contribution in [2.45, 2.75) is 219 Å². The zero-order chi connectivity index (χ0) is 37.8. The second kappa shape index (κ2) is 43.3. The van der Waals surface area contributed by atoms with Crippen LogP contribution < -0.4 is 0 Å². The summed E-state index contributed by atoms with van der Waals surface area (Å²) in [5.74, 6) is -0.439. The van der Waals surface area contributed by atoms with E-state index in [1.54, 1.807) is 0 Å². The Hall–Kier alpha value is -2.14. The van der Waals surface area contributed by atoms with Gasteiger partial charge in [0.2, 0.25) is 0 Å². The molecule has 5 heteroatoms. The molecule has 0 saturated carbocycles. The van der Waals surface area contributed by atoms with Gasteiger partial charge in [-0.2, -0.15) is 0 Å². The zero-order valence-corrected chi connectivity index (χ0v) is 34.6. The Morgan fingerprint density at radius 3 is 1.48 bits per heavy atom. The van der Waals surface area contributed by atoms with Gasteiger partial charge >= 0.3 is 11.9 Å². The Kier molecular flexibility index (Phi) is 41.5. The van der Waals surface area contributed by atoms with E-state index in [9.17, 15) is 9.59 Å². The third-order valence-electron chi connectivity index (χ3n) is 9.35. The highest BCUT2D eigenvalue weighted by Crippen LogP contribution is 2.13. The first-order chi connectivity index (χ1) is 25.6. The lowest BCUT2D eigenvalue weighted by atomic mass is 10.1. The van der Waals surface area contributed by atoms with Gasteiger partial charge in [-0.05, 0) is 70.6 Å². The van der Waals surface area contributed by atoms with Gasteiger partial charge in [-0.3, -0.25) is 9.59 Å². The fourth-order valence-corrected chi connectivity index (χ4v) is 6.03. The first kappa shape index (κ1) is 49.9. The summed E-state index contributed by atoms with van der Waals surface area (Å²) in [6, 6.07) is 0. The van der Waals surface area contributed by atoms with Gasteiger partial charge in [0.25, 0.3) is 0 Å². The monoisotopic (exact) mass is 729 g/mol. The smallest absolute Gasteiger partial charge is 0.306 e. The predicted molar refractivity (Wildman–Crippen MR) is 224 cm³/mol. The van der Waals surface area contributed by atoms with Gasteiger partial charge in [0.15, 0.2) is 6.10 Å². The van der Waals surface area contributed by atoms with Gasteiger partial charge < -0.3 is 14.2 Å². The van der Waals surface area contributed by atoms with E-state index in [1.807, 2.05) is 0 Å². The van der Waals surface area contributed by atoms with Crippen LogP contribution in [-0.2, 0) is 23.8 Å². The molecule has 0 saturated heterocycles. The quantitative estimate of drug-likeness (QED) is 0.0357. The number of esters is 2. The summed E-state index contributed by atoms with van der Waals surface area (Å²) in [6.07, 6.45) is 51.0. The third-order valence-corrected chi connectivity index (χ3v) is 9.35. The lowest BCUT2D eigenvalue weighted by Crippen LogP contribution is -2.30. The molecule has 0 fully saturated rings. The Labute approximate surface area is 322 Å². The summed E-state index contributed by atoms with van der Waals surface area (Å²) < 4.78 is 17.3. The summed E-state index contributed by atoms with van der Waals surface area (Å²) in [7, 11) is 0. The molecule has 0 aliphatic heterocycles. The Balaban J connectivity index is 4.30. The number of hydrogen-bond acceptors (Lipinski definition) is 5. The van der Waals surface area contributed by atoms with E-state index in [1.165, 1.54) is 96.3 Å². The lowest BCUT2D eigenvalue weighted by molar-refractivity contribution is -0.163. The molecule has 0 heterocycles. The number of carbonyl (C=O) groups excluding carboxylic acids is 2. The molecule has 0 aliphatic carbocycles. The van der Waals surface area contributed by atoms with Crippen molar-refractivity contribution in [2.24, 2.45) is 0 Å². The number of hydrogen-bond donors (Lipinski definition) is 0. The normalized spacial score (nSPS) is 12.6. The SMILES string of the molecule is CC/C=C\C/C=C\C/C=C\CCCCCC(=O)OCC(COCCCCCCCCCCCCCC)OC(=O)CCCCCCC/C=C\CCCC. The van der Waals surface area contributed by atoms with Crippen molar-refractivity contribution in [2.75, 3.05) is 19.8 Å². The van der Waals surface area contributed by atoms with Gasteiger partial charge in [-0.25, -0.2) is 0 Å². The van der Waals surface area contributed by atoms with Crippen molar-refractivity contribution in [3.63, 3.8) is 0 Å². The van der Waals surface area contributed by atoms with Gasteiger partial charge in [-0.1, -0.05) is 179 Å². The van der Waals surface area contributed by atoms with Crippen LogP contribution in [0, 0.1) is 0 Å². The molecule has 0 aromatic carbocycles. The minimum Gasteiger partial charge on any atom is -0.462 e. The van der Waals surface area contributed by atoms with Gasteiger partial charge in [0.05, 0.1) is 6.61 Å². The first-order valence-corrected chi connectivity index (χ1v) is 22.2. The van der Waals surface area contributed by atoms with Crippen LogP contribution in [0.1, 0.15) is 213 Å². The van der Waals surface area contributed by atoms with Crippen LogP contribution in [0.15, 0.2) is 48.6 Å². The molecule has 5 nitrogen and oxygen atoms in total. The van der Waals surface area contributed by atoms with E-state index in [0.29, 0.717) is 19.4 Å². The summed E-state index contributed by atoms with van der Waals surface area (Å²) in [6.45, 7) is 7.64. The lowest BCUT2D eigenvalue weighted by Gasteiger charge is -2.18. The van der Waals surface area contributed by atoms with E-state index in [4.69, 9.17) is 14.2 Å². The van der Waals surface area contributed by atoms with Crippen molar-refractivity contribution < 1.29 is 23.8 Å². The largest absolute Gasteiger partial charge is 0.462 e. The highest BCUT2D eigenvalue weighted by molar-refractivity contribution is 5.70. The number of rotatable bonds is 40. The average molecular weight is 729 g/mol. The molecule has 0 aliphatic rings. The van der Waals surface area contributed by atoms with Crippen LogP contribution in [0.25, 0.3) is 0 Å². The van der Waals surface area contributed by atoms with Gasteiger partial charge in [0, 0.05) is 19.4 Å². The molecule has 0 radical (unpaired) electrons. The van der Waals surface area contributed by atoms with Crippen LogP contribution in [0.3, 0.4) is 0 Å². The van der Waals surface area contributed by atoms with E-state index >= 15 is 0 Å². The fraction of sp³-hybridized carbons (Fsp3) is 0.787. The average Bonchev–Trinajstić information content (AvgIpc) is 3.14. The molecule has 0 amide bonds. The molecule has 1 atom stereocenters. The molecule has 1 unspecified atom stereocenters. The molecule has 302 valence electrons. The van der Waals surface area contributed by atoms with E-state index < -0.39 is 6.10 Å². The zero-order valence-electron chi connectivity index (χ0n) is 34.6. The topological polar surface area (TPSA) is 61.8 Å². The summed E-state index contributed by atoms with van der Waals surface area (Å²) in [5.41, 5.74) is 0. The van der Waals surface area contributed by atoms with Crippen LogP contribution in [0.5, 0.6) is 0 Å². The van der Waals surface area contributed by atoms with Crippen molar-refractivity contribution in [3.05, 3.63) is 48.6 Å². The Morgan fingerprint density at radius 1 is 0.442 bits per heavy atom. The molecule has 0 spiro atoms. The van der Waals surface area contributed by atoms with Crippen LogP contribution in [0.2, 0.25) is 0 Å². The third kappa shape index (κ3) is 40.6. The van der Waals surface area contributed by atoms with Crippen LogP contribution in [-0.4, -0.2) is 37.9 Å². The molecule has 0 N–H and O–H groups in total. The van der Waals surface area contributed by atoms with Crippen molar-refractivity contribution in [1.82, 2.24) is 0 Å². The minimum atomic E-state index is -0.546. The van der Waals surface area contributed by atoms with Crippen molar-refractivity contribution >= 4 is 11.9 Å². The molecular weight excluding hydrogens is 645 g/mol. The van der Waals surface area contributed by atoms with E-state index in [0.717, 1.165) is 83.5 Å². The van der Waals surface area contributed by atoms with Gasteiger partial charge in [-0.15, -0.1) is 0 Å². The maximum absolute atomic E-state index is 12.7. The molecule has 0 rings (SSSR count). The minimum absolute atomic E-state index is 0.0687. The molecule has 0 bridgehead atoms. The van der Waals surface area contributed by atoms with Crippen molar-refractivity contribution in [3.8, 4) is 0 Å². The maximum Gasteiger partial charge on any atom is 0.306 e. The summed E-state index contributed by atoms with van der Waals surface area (Å²) in [5, 5.41) is 0. The standard InChI is InChI=1S/C47H84O5/c1-4-7-10-13-16-19-22-24-26-28-31-34-37-40-46(48)51-44-45(43-50-42-39-36-33-30-27-23-20-17-14-11-8-5-2)52-47(49)41-38-35-32-29-25-21-18-15-12-9-6-3/h7,10,15-16,18-19,24,26,45H,4-6,8-9,11-14,17,20-23,25,27-44H2,1-3H3/b10-7-,18-15-,19-16-,26-24-. The fourth-order valence-electron chi connectivity index (χ4n) is 6.03. The molecule has 0 aromatic heterocycles. The van der Waals surface area contributed by atoms with E-state index in [-0.39, 0.29) is 25.2 Å². The van der Waals surface area contributed by atoms with Gasteiger partial charge in [0.1, 0.15) is 6.61 Å². The van der Waals surface area contributed by atoms with E-state index in [2.05, 4.69) is 69.4 Å². The highest BCUT2D eigenvalue weighted by atomic mass is 16.6. The highest BCUT2D eigenvalue weighted by Gasteiger charge is 2.17. The van der Waals surface area contributed by atoms with Crippen LogP contribution >= 0.6 is 0 Å². The number of ether oxygens (including phenoxy) is 3. The van der Waals surface area contributed by atoms with Crippen LogP contribution in [0.4, 0.5) is 0 Å². The Morgan fingerprint density at radius 2 is 0.885 bits per heavy atom.